The predicted molar refractivity (Wildman–Crippen MR) is 127 cm³/mol. The van der Waals surface area contributed by atoms with Crippen molar-refractivity contribution in [2.75, 3.05) is 13.1 Å². The molecule has 0 saturated carbocycles. The predicted octanol–water partition coefficient (Wildman–Crippen LogP) is 4.97. The lowest BCUT2D eigenvalue weighted by Crippen LogP contribution is -2.44. The summed E-state index contributed by atoms with van der Waals surface area (Å²) in [5.41, 5.74) is 1.90. The van der Waals surface area contributed by atoms with Gasteiger partial charge in [-0.2, -0.15) is 0 Å². The van der Waals surface area contributed by atoms with Crippen molar-refractivity contribution >= 4 is 22.6 Å². The van der Waals surface area contributed by atoms with Gasteiger partial charge in [0.1, 0.15) is 5.82 Å². The second-order valence-electron chi connectivity index (χ2n) is 9.56. The molecule has 0 spiro atoms. The molecule has 3 aromatic carbocycles. The van der Waals surface area contributed by atoms with Gasteiger partial charge in [-0.15, -0.1) is 0 Å². The van der Waals surface area contributed by atoms with Crippen molar-refractivity contribution in [2.24, 2.45) is 0 Å². The number of benzene rings is 3. The van der Waals surface area contributed by atoms with Gasteiger partial charge in [-0.3, -0.25) is 9.59 Å². The van der Waals surface area contributed by atoms with Crippen LogP contribution in [0.25, 0.3) is 10.8 Å². The van der Waals surface area contributed by atoms with Crippen LogP contribution in [-0.2, 0) is 16.0 Å². The fourth-order valence-corrected chi connectivity index (χ4v) is 5.42. The molecule has 170 valence electrons. The average molecular weight is 445 g/mol. The van der Waals surface area contributed by atoms with Crippen LogP contribution in [0, 0.1) is 5.82 Å². The highest BCUT2D eigenvalue weighted by Crippen LogP contribution is 2.32. The third-order valence-corrected chi connectivity index (χ3v) is 7.29. The molecule has 5 heteroatoms. The van der Waals surface area contributed by atoms with Crippen LogP contribution in [-0.4, -0.2) is 35.3 Å². The number of carbonyl (C=O) groups is 2. The molecule has 1 N–H and O–H groups in total. The molecular weight excluding hydrogens is 415 g/mol. The van der Waals surface area contributed by atoms with Crippen LogP contribution in [0.2, 0.25) is 0 Å². The zero-order chi connectivity index (χ0) is 22.8. The van der Waals surface area contributed by atoms with E-state index in [1.807, 2.05) is 29.2 Å². The summed E-state index contributed by atoms with van der Waals surface area (Å²) in [6.45, 7) is 1.40. The van der Waals surface area contributed by atoms with Crippen LogP contribution in [0.5, 0.6) is 0 Å². The van der Waals surface area contributed by atoms with Crippen molar-refractivity contribution in [3.8, 4) is 0 Å². The van der Waals surface area contributed by atoms with Gasteiger partial charge in [0, 0.05) is 37.4 Å². The maximum atomic E-state index is 13.2. The van der Waals surface area contributed by atoms with Crippen molar-refractivity contribution in [1.82, 2.24) is 10.2 Å². The molecule has 0 aliphatic carbocycles. The fraction of sp³-hybridized carbons (Fsp3) is 0.357. The summed E-state index contributed by atoms with van der Waals surface area (Å²) < 4.78 is 13.2. The second-order valence-corrected chi connectivity index (χ2v) is 9.56. The Labute approximate surface area is 193 Å². The van der Waals surface area contributed by atoms with Gasteiger partial charge in [0.2, 0.25) is 11.8 Å². The van der Waals surface area contributed by atoms with Crippen LogP contribution < -0.4 is 5.32 Å². The smallest absolute Gasteiger partial charge is 0.222 e. The fourth-order valence-electron chi connectivity index (χ4n) is 5.42. The molecule has 5 rings (SSSR count). The minimum Gasteiger partial charge on any atom is -0.350 e. The number of fused-ring (bicyclic) bond motifs is 1. The summed E-state index contributed by atoms with van der Waals surface area (Å²) in [5, 5.41) is 5.59. The number of likely N-dealkylation sites (tertiary alicyclic amines) is 1. The summed E-state index contributed by atoms with van der Waals surface area (Å²) in [5.74, 6) is 0.228. The van der Waals surface area contributed by atoms with Crippen molar-refractivity contribution in [2.45, 2.75) is 50.0 Å². The summed E-state index contributed by atoms with van der Waals surface area (Å²) >= 11 is 0. The Bertz CT molecular complexity index is 1180. The number of nitrogens with zero attached hydrogens (tertiary/aromatic N) is 1. The third-order valence-electron chi connectivity index (χ3n) is 7.29. The van der Waals surface area contributed by atoms with Gasteiger partial charge in [0.15, 0.2) is 0 Å². The van der Waals surface area contributed by atoms with E-state index < -0.39 is 0 Å². The molecule has 4 nitrogen and oxygen atoms in total. The lowest BCUT2D eigenvalue weighted by Gasteiger charge is -2.30. The third kappa shape index (κ3) is 4.77. The van der Waals surface area contributed by atoms with Gasteiger partial charge in [-0.1, -0.05) is 54.6 Å². The molecule has 2 aliphatic heterocycles. The van der Waals surface area contributed by atoms with E-state index in [-0.39, 0.29) is 29.1 Å². The zero-order valence-electron chi connectivity index (χ0n) is 18.7. The van der Waals surface area contributed by atoms with Gasteiger partial charge in [0.05, 0.1) is 0 Å². The van der Waals surface area contributed by atoms with Crippen LogP contribution in [0.15, 0.2) is 66.7 Å². The summed E-state index contributed by atoms with van der Waals surface area (Å²) in [6, 6.07) is 21.3. The molecule has 2 saturated heterocycles. The quantitative estimate of drug-likeness (QED) is 0.584. The van der Waals surface area contributed by atoms with Crippen LogP contribution in [0.4, 0.5) is 4.39 Å². The Kier molecular flexibility index (Phi) is 5.88. The molecule has 0 radical (unpaired) electrons. The number of hydrogen-bond acceptors (Lipinski definition) is 2. The monoisotopic (exact) mass is 444 g/mol. The lowest BCUT2D eigenvalue weighted by atomic mass is 9.84. The molecule has 33 heavy (non-hydrogen) atoms. The van der Waals surface area contributed by atoms with Crippen LogP contribution in [0.1, 0.15) is 49.1 Å². The maximum absolute atomic E-state index is 13.2. The summed E-state index contributed by atoms with van der Waals surface area (Å²) in [4.78, 5) is 27.1. The summed E-state index contributed by atoms with van der Waals surface area (Å²) in [7, 11) is 0. The van der Waals surface area contributed by atoms with Crippen molar-refractivity contribution in [3.05, 3.63) is 83.7 Å². The van der Waals surface area contributed by atoms with Crippen molar-refractivity contribution in [1.29, 1.82) is 0 Å². The number of nitrogens with one attached hydrogen (secondary N) is 1. The highest BCUT2D eigenvalue weighted by molar-refractivity contribution is 5.83. The molecule has 2 amide bonds. The standard InChI is InChI=1S/C28H29FN2O2/c29-25-9-7-22(8-10-25)24-13-16-31(19-24)27(33)12-15-28(14-11-26(32)30-28)18-20-5-6-21-3-1-2-4-23(21)17-20/h1-10,17,24H,11-16,18-19H2,(H,30,32)/t24-,28-/m1/s1. The Morgan fingerprint density at radius 1 is 1.06 bits per heavy atom. The van der Waals surface area contributed by atoms with E-state index in [4.69, 9.17) is 0 Å². The molecule has 0 aromatic heterocycles. The molecular formula is C28H29FN2O2. The Morgan fingerprint density at radius 3 is 2.61 bits per heavy atom. The Balaban J connectivity index is 1.24. The molecule has 2 heterocycles. The van der Waals surface area contributed by atoms with E-state index in [2.05, 4.69) is 35.6 Å². The van der Waals surface area contributed by atoms with E-state index in [9.17, 15) is 14.0 Å². The Hall–Kier alpha value is -3.21. The molecule has 3 aromatic rings. The number of amides is 2. The largest absolute Gasteiger partial charge is 0.350 e. The van der Waals surface area contributed by atoms with E-state index in [1.54, 1.807) is 0 Å². The summed E-state index contributed by atoms with van der Waals surface area (Å²) in [6.07, 6.45) is 3.96. The van der Waals surface area contributed by atoms with Gasteiger partial charge in [-0.25, -0.2) is 4.39 Å². The van der Waals surface area contributed by atoms with Gasteiger partial charge in [0.25, 0.3) is 0 Å². The number of carbonyl (C=O) groups excluding carboxylic acids is 2. The van der Waals surface area contributed by atoms with Crippen LogP contribution in [0.3, 0.4) is 0 Å². The van der Waals surface area contributed by atoms with Crippen LogP contribution >= 0.6 is 0 Å². The van der Waals surface area contributed by atoms with Crippen molar-refractivity contribution in [3.63, 3.8) is 0 Å². The first-order valence-corrected chi connectivity index (χ1v) is 11.8. The van der Waals surface area contributed by atoms with Crippen molar-refractivity contribution < 1.29 is 14.0 Å². The number of hydrogen-bond donors (Lipinski definition) is 1. The average Bonchev–Trinajstić information content (AvgIpc) is 3.46. The second kappa shape index (κ2) is 8.97. The molecule has 2 fully saturated rings. The highest BCUT2D eigenvalue weighted by Gasteiger charge is 2.38. The SMILES string of the molecule is O=C1CC[C@@](CCC(=O)N2CC[C@@H](c3ccc(F)cc3)C2)(Cc2ccc3ccccc3c2)N1. The molecule has 2 aliphatic rings. The lowest BCUT2D eigenvalue weighted by molar-refractivity contribution is -0.131. The Morgan fingerprint density at radius 2 is 1.85 bits per heavy atom. The number of rotatable bonds is 6. The van der Waals surface area contributed by atoms with E-state index >= 15 is 0 Å². The van der Waals surface area contributed by atoms with Gasteiger partial charge in [-0.05, 0) is 59.7 Å². The van der Waals surface area contributed by atoms with E-state index in [0.717, 1.165) is 31.4 Å². The minimum atomic E-state index is -0.370. The minimum absolute atomic E-state index is 0.0702. The number of halogens is 1. The molecule has 0 bridgehead atoms. The first-order chi connectivity index (χ1) is 16.0. The first kappa shape index (κ1) is 21.6. The molecule has 2 atom stereocenters. The normalized spacial score (nSPS) is 22.6. The molecule has 0 unspecified atom stereocenters. The topological polar surface area (TPSA) is 49.4 Å². The van der Waals surface area contributed by atoms with E-state index in [0.29, 0.717) is 25.8 Å². The van der Waals surface area contributed by atoms with Gasteiger partial charge >= 0.3 is 0 Å². The highest BCUT2D eigenvalue weighted by atomic mass is 19.1. The first-order valence-electron chi connectivity index (χ1n) is 11.8. The van der Waals surface area contributed by atoms with E-state index in [1.165, 1.54) is 28.5 Å². The van der Waals surface area contributed by atoms with Gasteiger partial charge < -0.3 is 10.2 Å². The maximum Gasteiger partial charge on any atom is 0.222 e. The zero-order valence-corrected chi connectivity index (χ0v) is 18.7.